The Kier molecular flexibility index (Phi) is 13.9. The Hall–Kier alpha value is -5.08. The van der Waals surface area contributed by atoms with Crippen LogP contribution in [-0.2, 0) is 25.7 Å². The van der Waals surface area contributed by atoms with E-state index in [-0.39, 0.29) is 0 Å². The average molecular weight is 657 g/mol. The van der Waals surface area contributed by atoms with Crippen molar-refractivity contribution >= 4 is 48.6 Å². The largest absolute Gasteiger partial charge is 0.245 e. The Morgan fingerprint density at radius 3 is 0.680 bits per heavy atom. The third-order valence-electron chi connectivity index (χ3n) is 8.81. The molecular formula is C48H52N2. The summed E-state index contributed by atoms with van der Waals surface area (Å²) in [6, 6.07) is 35.3. The molecule has 5 aromatic rings. The molecule has 0 aliphatic heterocycles. The lowest BCUT2D eigenvalue weighted by Gasteiger charge is -2.08. The van der Waals surface area contributed by atoms with Gasteiger partial charge in [-0.3, -0.25) is 0 Å². The molecule has 1 heterocycles. The van der Waals surface area contributed by atoms with Crippen LogP contribution in [-0.4, -0.2) is 9.97 Å². The normalized spacial score (nSPS) is 11.9. The summed E-state index contributed by atoms with van der Waals surface area (Å²) in [6.45, 7) is 8.88. The van der Waals surface area contributed by atoms with E-state index in [1.54, 1.807) is 0 Å². The van der Waals surface area contributed by atoms with Crippen molar-refractivity contribution in [1.82, 2.24) is 9.97 Å². The summed E-state index contributed by atoms with van der Waals surface area (Å²) in [7, 11) is 0. The number of aromatic nitrogens is 2. The first-order chi connectivity index (χ1) is 24.6. The van der Waals surface area contributed by atoms with E-state index >= 15 is 0 Å². The lowest BCUT2D eigenvalue weighted by molar-refractivity contribution is 0.922. The number of hydrogen-bond donors (Lipinski definition) is 0. The van der Waals surface area contributed by atoms with Crippen molar-refractivity contribution in [3.63, 3.8) is 0 Å². The van der Waals surface area contributed by atoms with Crippen LogP contribution >= 0.6 is 0 Å². The van der Waals surface area contributed by atoms with Crippen LogP contribution in [0.1, 0.15) is 121 Å². The Bertz CT molecular complexity index is 1610. The summed E-state index contributed by atoms with van der Waals surface area (Å²) >= 11 is 0. The van der Waals surface area contributed by atoms with Gasteiger partial charge in [0, 0.05) is 0 Å². The first-order valence-electron chi connectivity index (χ1n) is 18.6. The van der Waals surface area contributed by atoms with Gasteiger partial charge in [0.1, 0.15) is 0 Å². The first kappa shape index (κ1) is 36.2. The highest BCUT2D eigenvalue weighted by Crippen LogP contribution is 2.21. The van der Waals surface area contributed by atoms with E-state index in [0.717, 1.165) is 96.4 Å². The Balaban J connectivity index is 1.56. The van der Waals surface area contributed by atoms with Gasteiger partial charge in [0.25, 0.3) is 0 Å². The molecule has 0 saturated heterocycles. The summed E-state index contributed by atoms with van der Waals surface area (Å²) < 4.78 is 0. The molecule has 0 spiro atoms. The molecule has 0 atom stereocenters. The van der Waals surface area contributed by atoms with Crippen LogP contribution < -0.4 is 0 Å². The van der Waals surface area contributed by atoms with E-state index in [0.29, 0.717) is 0 Å². The second kappa shape index (κ2) is 19.2. The molecule has 0 N–H and O–H groups in total. The van der Waals surface area contributed by atoms with Gasteiger partial charge in [0.15, 0.2) is 0 Å². The summed E-state index contributed by atoms with van der Waals surface area (Å²) in [6.07, 6.45) is 25.9. The molecule has 2 heteroatoms. The highest BCUT2D eigenvalue weighted by Gasteiger charge is 2.09. The zero-order valence-electron chi connectivity index (χ0n) is 30.4. The van der Waals surface area contributed by atoms with Crippen LogP contribution in [0.2, 0.25) is 0 Å². The number of rotatable bonds is 16. The maximum Gasteiger partial charge on any atom is 0.0894 e. The zero-order valence-corrected chi connectivity index (χ0v) is 30.4. The zero-order chi connectivity index (χ0) is 35.0. The van der Waals surface area contributed by atoms with Crippen LogP contribution in [0.3, 0.4) is 0 Å². The van der Waals surface area contributed by atoms with Crippen molar-refractivity contribution in [2.24, 2.45) is 0 Å². The molecule has 5 rings (SSSR count). The standard InChI is InChI=1S/C48H52N2/c1-5-9-37-13-21-41(22-14-37)29-33-45-46(34-30-42-23-15-38(10-6-2)16-24-42)50-48(36-32-44-27-19-40(12-8-4)20-28-44)47(49-45)35-31-43-25-17-39(11-7-3)18-26-43/h13-36H,5-12H2,1-4H3/b33-29+,34-30+,35-31+,36-32+. The van der Waals surface area contributed by atoms with Crippen molar-refractivity contribution in [2.75, 3.05) is 0 Å². The second-order valence-electron chi connectivity index (χ2n) is 13.1. The molecule has 2 nitrogen and oxygen atoms in total. The van der Waals surface area contributed by atoms with E-state index in [1.807, 2.05) is 0 Å². The Morgan fingerprint density at radius 2 is 0.500 bits per heavy atom. The van der Waals surface area contributed by atoms with Gasteiger partial charge in [-0.25, -0.2) is 9.97 Å². The van der Waals surface area contributed by atoms with Crippen molar-refractivity contribution in [2.45, 2.75) is 79.1 Å². The lowest BCUT2D eigenvalue weighted by atomic mass is 10.1. The molecule has 1 aromatic heterocycles. The SMILES string of the molecule is CCCc1ccc(/C=C/c2nc(/C=C/c3ccc(CCC)cc3)c(/C=C/c3ccc(CCC)cc3)nc2/C=C/c2ccc(CCC)cc2)cc1. The predicted octanol–water partition coefficient (Wildman–Crippen LogP) is 13.0. The van der Waals surface area contributed by atoms with Gasteiger partial charge in [-0.1, -0.05) is 175 Å². The fourth-order valence-electron chi connectivity index (χ4n) is 6.02. The smallest absolute Gasteiger partial charge is 0.0894 e. The monoisotopic (exact) mass is 656 g/mol. The van der Waals surface area contributed by atoms with Gasteiger partial charge in [-0.15, -0.1) is 0 Å². The molecule has 0 radical (unpaired) electrons. The molecular weight excluding hydrogens is 605 g/mol. The van der Waals surface area contributed by atoms with Gasteiger partial charge < -0.3 is 0 Å². The fraction of sp³-hybridized carbons (Fsp3) is 0.250. The van der Waals surface area contributed by atoms with Crippen LogP contribution in [0.25, 0.3) is 48.6 Å². The van der Waals surface area contributed by atoms with Gasteiger partial charge in [0.2, 0.25) is 0 Å². The average Bonchev–Trinajstić information content (AvgIpc) is 3.14. The lowest BCUT2D eigenvalue weighted by Crippen LogP contribution is -2.00. The van der Waals surface area contributed by atoms with Crippen LogP contribution in [0, 0.1) is 0 Å². The minimum Gasteiger partial charge on any atom is -0.245 e. The number of benzene rings is 4. The number of aryl methyl sites for hydroxylation is 4. The molecule has 0 aliphatic rings. The Morgan fingerprint density at radius 1 is 0.300 bits per heavy atom. The summed E-state index contributed by atoms with van der Waals surface area (Å²) in [4.78, 5) is 10.5. The van der Waals surface area contributed by atoms with Crippen molar-refractivity contribution in [1.29, 1.82) is 0 Å². The molecule has 254 valence electrons. The topological polar surface area (TPSA) is 25.8 Å². The van der Waals surface area contributed by atoms with Crippen molar-refractivity contribution < 1.29 is 0 Å². The fourth-order valence-corrected chi connectivity index (χ4v) is 6.02. The molecule has 0 unspecified atom stereocenters. The van der Waals surface area contributed by atoms with Gasteiger partial charge in [-0.2, -0.15) is 0 Å². The maximum atomic E-state index is 5.26. The van der Waals surface area contributed by atoms with Crippen LogP contribution in [0.15, 0.2) is 97.1 Å². The van der Waals surface area contributed by atoms with Crippen molar-refractivity contribution in [3.8, 4) is 0 Å². The highest BCUT2D eigenvalue weighted by atomic mass is 14.8. The predicted molar refractivity (Wildman–Crippen MR) is 219 cm³/mol. The number of hydrogen-bond acceptors (Lipinski definition) is 2. The highest BCUT2D eigenvalue weighted by molar-refractivity contribution is 5.81. The molecule has 50 heavy (non-hydrogen) atoms. The van der Waals surface area contributed by atoms with E-state index in [9.17, 15) is 0 Å². The number of nitrogens with zero attached hydrogens (tertiary/aromatic N) is 2. The summed E-state index contributed by atoms with van der Waals surface area (Å²) in [5.41, 5.74) is 13.4. The quantitative estimate of drug-likeness (QED) is 0.106. The molecule has 0 saturated carbocycles. The molecule has 0 bridgehead atoms. The van der Waals surface area contributed by atoms with Gasteiger partial charge in [0.05, 0.1) is 22.8 Å². The second-order valence-corrected chi connectivity index (χ2v) is 13.1. The van der Waals surface area contributed by atoms with E-state index in [2.05, 4.69) is 173 Å². The van der Waals surface area contributed by atoms with E-state index in [1.165, 1.54) is 22.3 Å². The Labute approximate surface area is 301 Å². The maximum absolute atomic E-state index is 5.26. The van der Waals surface area contributed by atoms with Crippen LogP contribution in [0.5, 0.6) is 0 Å². The molecule has 0 fully saturated rings. The third kappa shape index (κ3) is 11.0. The van der Waals surface area contributed by atoms with Crippen molar-refractivity contribution in [3.05, 3.63) is 164 Å². The first-order valence-corrected chi connectivity index (χ1v) is 18.6. The molecule has 4 aromatic carbocycles. The van der Waals surface area contributed by atoms with E-state index < -0.39 is 0 Å². The molecule has 0 aliphatic carbocycles. The molecule has 0 amide bonds. The minimum absolute atomic E-state index is 0.834. The summed E-state index contributed by atoms with van der Waals surface area (Å²) in [5.74, 6) is 0. The summed E-state index contributed by atoms with van der Waals surface area (Å²) in [5, 5.41) is 0. The van der Waals surface area contributed by atoms with Gasteiger partial charge >= 0.3 is 0 Å². The van der Waals surface area contributed by atoms with Crippen LogP contribution in [0.4, 0.5) is 0 Å². The third-order valence-corrected chi connectivity index (χ3v) is 8.81. The van der Waals surface area contributed by atoms with Gasteiger partial charge in [-0.05, 0) is 94.5 Å². The minimum atomic E-state index is 0.834. The van der Waals surface area contributed by atoms with E-state index in [4.69, 9.17) is 9.97 Å².